The number of aryl methyl sites for hydroxylation is 3. The van der Waals surface area contributed by atoms with Gasteiger partial charge in [-0.15, -0.1) is 10.2 Å². The van der Waals surface area contributed by atoms with Crippen LogP contribution in [0.1, 0.15) is 46.5 Å². The van der Waals surface area contributed by atoms with Crippen molar-refractivity contribution in [2.45, 2.75) is 33.7 Å². The number of nitrogens with zero attached hydrogens (tertiary/aromatic N) is 6. The molecular formula is C26H24BrN7. The van der Waals surface area contributed by atoms with Gasteiger partial charge >= 0.3 is 0 Å². The number of H-pyrrole nitrogens is 1. The highest BCUT2D eigenvalue weighted by Gasteiger charge is 2.16. The van der Waals surface area contributed by atoms with Crippen LogP contribution in [0.4, 0.5) is 0 Å². The van der Waals surface area contributed by atoms with Gasteiger partial charge in [0.2, 0.25) is 5.82 Å². The molecule has 0 aliphatic heterocycles. The number of imidazole rings is 1. The number of tetrazole rings is 1. The van der Waals surface area contributed by atoms with Gasteiger partial charge in [-0.25, -0.2) is 9.97 Å². The van der Waals surface area contributed by atoms with Crippen LogP contribution < -0.4 is 0 Å². The molecule has 1 N–H and O–H groups in total. The number of pyridine rings is 1. The average molecular weight is 514 g/mol. The molecule has 0 aliphatic rings. The minimum absolute atomic E-state index is 0.511. The standard InChI is InChI=1S/C26H24BrN7/c1-4-21-29-24-16(2)14-17(3)28-26(24)34(21)15-18-10-12-20(13-11-18)22(19-8-6-5-7-9-19)23(27)25-30-32-33-31-25/h5-14H,4,15H2,1-3H3,(H,30,31,32,33)/b23-22+. The van der Waals surface area contributed by atoms with Gasteiger partial charge in [-0.3, -0.25) is 0 Å². The SMILES string of the molecule is CCc1nc2c(C)cc(C)nc2n1Cc1ccc(/C(=C(/Br)c2nn[nH]n2)c2ccccc2)cc1. The summed E-state index contributed by atoms with van der Waals surface area (Å²) in [5, 5.41) is 14.5. The van der Waals surface area contributed by atoms with Crippen LogP contribution >= 0.6 is 15.9 Å². The van der Waals surface area contributed by atoms with Gasteiger partial charge in [0.15, 0.2) is 5.65 Å². The van der Waals surface area contributed by atoms with Gasteiger partial charge in [-0.2, -0.15) is 5.21 Å². The van der Waals surface area contributed by atoms with Gasteiger partial charge < -0.3 is 4.57 Å². The number of aromatic nitrogens is 7. The molecule has 0 radical (unpaired) electrons. The Bertz CT molecular complexity index is 1470. The van der Waals surface area contributed by atoms with Crippen molar-refractivity contribution >= 4 is 37.1 Å². The first-order valence-electron chi connectivity index (χ1n) is 11.2. The molecule has 0 spiro atoms. The third-order valence-corrected chi connectivity index (χ3v) is 6.58. The van der Waals surface area contributed by atoms with Crippen molar-refractivity contribution in [3.63, 3.8) is 0 Å². The van der Waals surface area contributed by atoms with E-state index in [1.807, 2.05) is 25.1 Å². The topological polar surface area (TPSA) is 85.2 Å². The number of nitrogens with one attached hydrogen (secondary N) is 1. The fourth-order valence-electron chi connectivity index (χ4n) is 4.24. The maximum absolute atomic E-state index is 4.87. The largest absolute Gasteiger partial charge is 0.308 e. The summed E-state index contributed by atoms with van der Waals surface area (Å²) in [6.45, 7) is 6.98. The van der Waals surface area contributed by atoms with E-state index in [4.69, 9.17) is 9.97 Å². The van der Waals surface area contributed by atoms with Crippen LogP contribution in [0.5, 0.6) is 0 Å². The molecule has 0 fully saturated rings. The van der Waals surface area contributed by atoms with E-state index in [2.05, 4.69) is 97.4 Å². The first-order valence-corrected chi connectivity index (χ1v) is 12.0. The van der Waals surface area contributed by atoms with Crippen molar-refractivity contribution in [1.82, 2.24) is 35.2 Å². The summed E-state index contributed by atoms with van der Waals surface area (Å²) < 4.78 is 3.01. The zero-order chi connectivity index (χ0) is 23.7. The number of fused-ring (bicyclic) bond motifs is 1. The van der Waals surface area contributed by atoms with Crippen LogP contribution in [0.25, 0.3) is 21.2 Å². The summed E-state index contributed by atoms with van der Waals surface area (Å²) >= 11 is 3.71. The van der Waals surface area contributed by atoms with Crippen molar-refractivity contribution in [3.8, 4) is 0 Å². The quantitative estimate of drug-likeness (QED) is 0.324. The lowest BCUT2D eigenvalue weighted by Gasteiger charge is -2.13. The second-order valence-corrected chi connectivity index (χ2v) is 9.00. The molecule has 0 amide bonds. The molecule has 170 valence electrons. The molecule has 8 heteroatoms. The lowest BCUT2D eigenvalue weighted by molar-refractivity contribution is 0.745. The molecule has 0 aliphatic carbocycles. The molecule has 0 unspecified atom stereocenters. The monoisotopic (exact) mass is 513 g/mol. The van der Waals surface area contributed by atoms with Gasteiger partial charge in [-0.1, -0.05) is 61.5 Å². The molecule has 0 atom stereocenters. The smallest absolute Gasteiger partial charge is 0.212 e. The minimum Gasteiger partial charge on any atom is -0.308 e. The van der Waals surface area contributed by atoms with Crippen LogP contribution in [0.3, 0.4) is 0 Å². The third-order valence-electron chi connectivity index (χ3n) is 5.82. The third kappa shape index (κ3) is 4.17. The van der Waals surface area contributed by atoms with E-state index >= 15 is 0 Å². The Kier molecular flexibility index (Phi) is 6.06. The molecule has 3 aromatic heterocycles. The Morgan fingerprint density at radius 1 is 0.971 bits per heavy atom. The Labute approximate surface area is 206 Å². The number of hydrogen-bond donors (Lipinski definition) is 1. The first-order chi connectivity index (χ1) is 16.5. The van der Waals surface area contributed by atoms with Crippen molar-refractivity contribution in [2.75, 3.05) is 0 Å². The Balaban J connectivity index is 1.54. The maximum Gasteiger partial charge on any atom is 0.212 e. The highest BCUT2D eigenvalue weighted by atomic mass is 79.9. The summed E-state index contributed by atoms with van der Waals surface area (Å²) in [6, 6.07) is 20.9. The molecule has 3 heterocycles. The highest BCUT2D eigenvalue weighted by molar-refractivity contribution is 9.15. The van der Waals surface area contributed by atoms with Crippen molar-refractivity contribution in [1.29, 1.82) is 0 Å². The number of rotatable bonds is 6. The second kappa shape index (κ2) is 9.30. The van der Waals surface area contributed by atoms with Crippen LogP contribution in [0.15, 0.2) is 60.7 Å². The molecule has 7 nitrogen and oxygen atoms in total. The lowest BCUT2D eigenvalue weighted by atomic mass is 9.96. The van der Waals surface area contributed by atoms with Crippen molar-refractivity contribution in [3.05, 3.63) is 100 Å². The number of hydrogen-bond acceptors (Lipinski definition) is 5. The van der Waals surface area contributed by atoms with E-state index in [1.54, 1.807) is 0 Å². The molecule has 0 saturated carbocycles. The van der Waals surface area contributed by atoms with Gasteiger partial charge in [0, 0.05) is 17.7 Å². The van der Waals surface area contributed by atoms with Crippen LogP contribution in [0.2, 0.25) is 0 Å². The summed E-state index contributed by atoms with van der Waals surface area (Å²) in [7, 11) is 0. The predicted octanol–water partition coefficient (Wildman–Crippen LogP) is 5.48. The Morgan fingerprint density at radius 3 is 2.38 bits per heavy atom. The molecular weight excluding hydrogens is 490 g/mol. The minimum atomic E-state index is 0.511. The molecule has 34 heavy (non-hydrogen) atoms. The van der Waals surface area contributed by atoms with E-state index in [0.29, 0.717) is 12.4 Å². The summed E-state index contributed by atoms with van der Waals surface area (Å²) in [4.78, 5) is 9.67. The molecule has 0 saturated heterocycles. The van der Waals surface area contributed by atoms with Gasteiger partial charge in [0.1, 0.15) is 11.3 Å². The zero-order valence-corrected chi connectivity index (χ0v) is 20.8. The maximum atomic E-state index is 4.87. The fraction of sp³-hybridized carbons (Fsp3) is 0.192. The zero-order valence-electron chi connectivity index (χ0n) is 19.2. The van der Waals surface area contributed by atoms with Crippen molar-refractivity contribution < 1.29 is 0 Å². The van der Waals surface area contributed by atoms with E-state index in [-0.39, 0.29) is 0 Å². The van der Waals surface area contributed by atoms with E-state index in [9.17, 15) is 0 Å². The average Bonchev–Trinajstić information content (AvgIpc) is 3.50. The molecule has 5 rings (SSSR count). The normalized spacial score (nSPS) is 12.2. The highest BCUT2D eigenvalue weighted by Crippen LogP contribution is 2.34. The predicted molar refractivity (Wildman–Crippen MR) is 137 cm³/mol. The van der Waals surface area contributed by atoms with Gasteiger partial charge in [0.05, 0.1) is 11.0 Å². The lowest BCUT2D eigenvalue weighted by Crippen LogP contribution is -2.06. The summed E-state index contributed by atoms with van der Waals surface area (Å²) in [5.41, 5.74) is 8.41. The molecule has 2 aromatic carbocycles. The summed E-state index contributed by atoms with van der Waals surface area (Å²) in [6.07, 6.45) is 0.853. The Morgan fingerprint density at radius 2 is 1.71 bits per heavy atom. The van der Waals surface area contributed by atoms with E-state index in [0.717, 1.165) is 55.8 Å². The van der Waals surface area contributed by atoms with Crippen LogP contribution in [0, 0.1) is 13.8 Å². The van der Waals surface area contributed by atoms with Gasteiger partial charge in [-0.05, 0) is 63.3 Å². The number of aromatic amines is 1. The van der Waals surface area contributed by atoms with Crippen molar-refractivity contribution in [2.24, 2.45) is 0 Å². The van der Waals surface area contributed by atoms with Crippen LogP contribution in [-0.2, 0) is 13.0 Å². The van der Waals surface area contributed by atoms with Crippen LogP contribution in [-0.4, -0.2) is 35.2 Å². The molecule has 0 bridgehead atoms. The second-order valence-electron chi connectivity index (χ2n) is 8.21. The van der Waals surface area contributed by atoms with Gasteiger partial charge in [0.25, 0.3) is 0 Å². The number of benzene rings is 2. The first kappa shape index (κ1) is 22.2. The van der Waals surface area contributed by atoms with E-state index in [1.165, 1.54) is 5.56 Å². The molecule has 5 aromatic rings. The summed E-state index contributed by atoms with van der Waals surface area (Å²) in [5.74, 6) is 1.56. The Hall–Kier alpha value is -3.65. The van der Waals surface area contributed by atoms with E-state index < -0.39 is 0 Å². The number of halogens is 1. The fourth-order valence-corrected chi connectivity index (χ4v) is 4.86.